The number of ketones is 1. The average Bonchev–Trinajstić information content (AvgIpc) is 3.41. The quantitative estimate of drug-likeness (QED) is 0.190. The molecule has 3 aromatic rings. The Bertz CT molecular complexity index is 1160. The molecule has 1 N–H and O–H groups in total. The number of ether oxygens (including phenoxy) is 1. The molecule has 6 nitrogen and oxygen atoms in total. The summed E-state index contributed by atoms with van der Waals surface area (Å²) in [4.78, 5) is 31.7. The molecule has 1 fully saturated rings. The van der Waals surface area contributed by atoms with Crippen molar-refractivity contribution >= 4 is 49.8 Å². The fraction of sp³-hybridized carbons (Fsp3) is 0.208. The summed E-state index contributed by atoms with van der Waals surface area (Å²) in [6, 6.07) is 13.4. The topological polar surface area (TPSA) is 79.7 Å². The zero-order valence-electron chi connectivity index (χ0n) is 17.3. The van der Waals surface area contributed by atoms with Gasteiger partial charge in [0.25, 0.3) is 5.78 Å². The lowest BCUT2D eigenvalue weighted by Gasteiger charge is -2.23. The summed E-state index contributed by atoms with van der Waals surface area (Å²) < 4.78 is 6.61. The van der Waals surface area contributed by atoms with Crippen LogP contribution in [0, 0.1) is 0 Å². The Morgan fingerprint density at radius 2 is 2.00 bits per heavy atom. The van der Waals surface area contributed by atoms with Crippen molar-refractivity contribution in [3.63, 3.8) is 0 Å². The molecule has 0 spiro atoms. The lowest BCUT2D eigenvalue weighted by molar-refractivity contribution is -0.132. The standard InChI is InChI=1S/C24H21BrN2O4S/c1-2-3-12-31-18-6-4-5-16(14-18)21(28)19-20(15-7-9-17(25)10-8-15)27(23(30)22(19)29)24-26-11-13-32-24/h4-11,13-14,20,28H,2-3,12H2,1H3/b21-19+. The number of Topliss-reactive ketones (excluding diaryl/α,β-unsaturated/α-hetero) is 1. The van der Waals surface area contributed by atoms with Gasteiger partial charge in [0.05, 0.1) is 18.2 Å². The third-order valence-electron chi connectivity index (χ3n) is 5.13. The normalized spacial score (nSPS) is 17.7. The number of hydrogen-bond donors (Lipinski definition) is 1. The maximum absolute atomic E-state index is 13.1. The zero-order valence-corrected chi connectivity index (χ0v) is 19.7. The summed E-state index contributed by atoms with van der Waals surface area (Å²) in [6.45, 7) is 2.64. The Hall–Kier alpha value is -2.97. The first-order valence-electron chi connectivity index (χ1n) is 10.2. The summed E-state index contributed by atoms with van der Waals surface area (Å²) in [6.07, 6.45) is 3.50. The van der Waals surface area contributed by atoms with Gasteiger partial charge in [-0.15, -0.1) is 11.3 Å². The van der Waals surface area contributed by atoms with Gasteiger partial charge in [0, 0.05) is 21.6 Å². The van der Waals surface area contributed by atoms with Gasteiger partial charge in [-0.3, -0.25) is 14.5 Å². The number of carbonyl (C=O) groups excluding carboxylic acids is 2. The van der Waals surface area contributed by atoms with E-state index in [-0.39, 0.29) is 11.3 Å². The number of rotatable bonds is 7. The highest BCUT2D eigenvalue weighted by Crippen LogP contribution is 2.43. The summed E-state index contributed by atoms with van der Waals surface area (Å²) >= 11 is 4.67. The van der Waals surface area contributed by atoms with Gasteiger partial charge < -0.3 is 9.84 Å². The monoisotopic (exact) mass is 512 g/mol. The van der Waals surface area contributed by atoms with E-state index in [1.807, 2.05) is 24.3 Å². The zero-order chi connectivity index (χ0) is 22.7. The van der Waals surface area contributed by atoms with Crippen LogP contribution in [-0.2, 0) is 9.59 Å². The second-order valence-electron chi connectivity index (χ2n) is 7.27. The smallest absolute Gasteiger partial charge is 0.301 e. The van der Waals surface area contributed by atoms with E-state index < -0.39 is 17.7 Å². The van der Waals surface area contributed by atoms with Crippen molar-refractivity contribution in [3.8, 4) is 5.75 Å². The van der Waals surface area contributed by atoms with Crippen molar-refractivity contribution in [2.75, 3.05) is 11.5 Å². The molecule has 0 bridgehead atoms. The minimum Gasteiger partial charge on any atom is -0.507 e. The number of nitrogens with zero attached hydrogens (tertiary/aromatic N) is 2. The first kappa shape index (κ1) is 22.2. The van der Waals surface area contributed by atoms with E-state index in [9.17, 15) is 14.7 Å². The van der Waals surface area contributed by atoms with Gasteiger partial charge in [-0.2, -0.15) is 0 Å². The largest absolute Gasteiger partial charge is 0.507 e. The van der Waals surface area contributed by atoms with Gasteiger partial charge in [-0.25, -0.2) is 4.98 Å². The maximum Gasteiger partial charge on any atom is 0.301 e. The van der Waals surface area contributed by atoms with Crippen molar-refractivity contribution < 1.29 is 19.4 Å². The maximum atomic E-state index is 13.1. The molecular formula is C24H21BrN2O4S. The van der Waals surface area contributed by atoms with Crippen LogP contribution in [0.15, 0.2) is 70.2 Å². The predicted octanol–water partition coefficient (Wildman–Crippen LogP) is 5.71. The van der Waals surface area contributed by atoms with Crippen LogP contribution in [-0.4, -0.2) is 28.4 Å². The van der Waals surface area contributed by atoms with E-state index in [0.29, 0.717) is 28.6 Å². The molecule has 0 radical (unpaired) electrons. The number of aliphatic hydroxyl groups excluding tert-OH is 1. The van der Waals surface area contributed by atoms with Crippen LogP contribution in [0.3, 0.4) is 0 Å². The van der Waals surface area contributed by atoms with Crippen LogP contribution in [0.4, 0.5) is 5.13 Å². The fourth-order valence-corrected chi connectivity index (χ4v) is 4.48. The van der Waals surface area contributed by atoms with Gasteiger partial charge in [0.1, 0.15) is 11.5 Å². The Morgan fingerprint density at radius 1 is 1.22 bits per heavy atom. The summed E-state index contributed by atoms with van der Waals surface area (Å²) in [7, 11) is 0. The molecule has 164 valence electrons. The number of unbranched alkanes of at least 4 members (excludes halogenated alkanes) is 1. The number of amides is 1. The van der Waals surface area contributed by atoms with Crippen molar-refractivity contribution in [3.05, 3.63) is 81.3 Å². The third-order valence-corrected chi connectivity index (χ3v) is 6.43. The molecular weight excluding hydrogens is 492 g/mol. The number of anilines is 1. The number of halogens is 1. The molecule has 0 aliphatic carbocycles. The van der Waals surface area contributed by atoms with E-state index in [1.54, 1.807) is 35.8 Å². The van der Waals surface area contributed by atoms with E-state index in [2.05, 4.69) is 27.8 Å². The number of aliphatic hydroxyl groups is 1. The van der Waals surface area contributed by atoms with E-state index in [1.165, 1.54) is 16.2 Å². The Kier molecular flexibility index (Phi) is 6.72. The van der Waals surface area contributed by atoms with Crippen LogP contribution in [0.25, 0.3) is 5.76 Å². The molecule has 2 heterocycles. The lowest BCUT2D eigenvalue weighted by atomic mass is 9.95. The molecule has 1 atom stereocenters. The predicted molar refractivity (Wildman–Crippen MR) is 128 cm³/mol. The van der Waals surface area contributed by atoms with Crippen LogP contribution in [0.2, 0.25) is 0 Å². The molecule has 1 unspecified atom stereocenters. The Morgan fingerprint density at radius 3 is 2.69 bits per heavy atom. The Balaban J connectivity index is 1.82. The molecule has 1 aliphatic rings. The number of hydrogen-bond acceptors (Lipinski definition) is 6. The molecule has 0 saturated carbocycles. The second-order valence-corrected chi connectivity index (χ2v) is 9.05. The van der Waals surface area contributed by atoms with Gasteiger partial charge in [0.15, 0.2) is 5.13 Å². The molecule has 1 aromatic heterocycles. The van der Waals surface area contributed by atoms with Crippen molar-refractivity contribution in [2.45, 2.75) is 25.8 Å². The summed E-state index contributed by atoms with van der Waals surface area (Å²) in [5, 5.41) is 13.3. The van der Waals surface area contributed by atoms with E-state index >= 15 is 0 Å². The minimum atomic E-state index is -0.793. The average molecular weight is 513 g/mol. The molecule has 4 rings (SSSR count). The van der Waals surface area contributed by atoms with Gasteiger partial charge >= 0.3 is 5.91 Å². The van der Waals surface area contributed by atoms with Crippen LogP contribution in [0.1, 0.15) is 36.9 Å². The number of carbonyl (C=O) groups is 2. The van der Waals surface area contributed by atoms with Gasteiger partial charge in [-0.1, -0.05) is 53.5 Å². The molecule has 1 saturated heterocycles. The highest BCUT2D eigenvalue weighted by molar-refractivity contribution is 9.10. The van der Waals surface area contributed by atoms with E-state index in [0.717, 1.165) is 17.3 Å². The lowest BCUT2D eigenvalue weighted by Crippen LogP contribution is -2.29. The molecule has 1 amide bonds. The van der Waals surface area contributed by atoms with Crippen molar-refractivity contribution in [2.24, 2.45) is 0 Å². The minimum absolute atomic E-state index is 0.0261. The first-order valence-corrected chi connectivity index (χ1v) is 11.9. The van der Waals surface area contributed by atoms with E-state index in [4.69, 9.17) is 4.74 Å². The summed E-state index contributed by atoms with van der Waals surface area (Å²) in [5.41, 5.74) is 1.14. The molecule has 8 heteroatoms. The number of aromatic nitrogens is 1. The fourth-order valence-electron chi connectivity index (χ4n) is 3.55. The van der Waals surface area contributed by atoms with Crippen molar-refractivity contribution in [1.29, 1.82) is 0 Å². The molecule has 1 aliphatic heterocycles. The number of thiazole rings is 1. The first-order chi connectivity index (χ1) is 15.5. The highest BCUT2D eigenvalue weighted by Gasteiger charge is 2.47. The highest BCUT2D eigenvalue weighted by atomic mass is 79.9. The van der Waals surface area contributed by atoms with Crippen LogP contribution in [0.5, 0.6) is 5.75 Å². The third kappa shape index (κ3) is 4.33. The second kappa shape index (κ2) is 9.67. The number of benzene rings is 2. The molecule has 32 heavy (non-hydrogen) atoms. The van der Waals surface area contributed by atoms with Crippen LogP contribution >= 0.6 is 27.3 Å². The molecule has 2 aromatic carbocycles. The summed E-state index contributed by atoms with van der Waals surface area (Å²) in [5.74, 6) is -1.11. The van der Waals surface area contributed by atoms with Gasteiger partial charge in [0.2, 0.25) is 0 Å². The SMILES string of the molecule is CCCCOc1cccc(/C(O)=C2\C(=O)C(=O)N(c3nccs3)C2c2ccc(Br)cc2)c1. The Labute approximate surface area is 198 Å². The van der Waals surface area contributed by atoms with Crippen molar-refractivity contribution in [1.82, 2.24) is 4.98 Å². The van der Waals surface area contributed by atoms with Gasteiger partial charge in [-0.05, 0) is 36.2 Å². The van der Waals surface area contributed by atoms with Crippen LogP contribution < -0.4 is 9.64 Å².